The van der Waals surface area contributed by atoms with Gasteiger partial charge in [0.1, 0.15) is 16.2 Å². The standard InChI is InChI=1S/C33H36N4O7S/c1-7-9-10-16-44-22-14-13-21(17-23(22)43-8-2)26-24(27(38)25-20(5)36-15-11-12-18(3)30(36)35-25)28(39)31(40)37(26)33-34-19(4)29(45-33)32(41)42-6/h11-15,17,26,38H,7-10,16H2,1-6H3. The van der Waals surface area contributed by atoms with Gasteiger partial charge in [0.25, 0.3) is 5.78 Å². The van der Waals surface area contributed by atoms with Crippen LogP contribution in [0.25, 0.3) is 11.4 Å². The van der Waals surface area contributed by atoms with Crippen LogP contribution in [0.2, 0.25) is 0 Å². The van der Waals surface area contributed by atoms with Gasteiger partial charge >= 0.3 is 11.9 Å². The van der Waals surface area contributed by atoms with Crippen molar-refractivity contribution in [3.8, 4) is 11.5 Å². The van der Waals surface area contributed by atoms with Crippen molar-refractivity contribution in [2.24, 2.45) is 0 Å². The van der Waals surface area contributed by atoms with Crippen molar-refractivity contribution >= 4 is 45.5 Å². The highest BCUT2D eigenvalue weighted by molar-refractivity contribution is 7.17. The van der Waals surface area contributed by atoms with Crippen molar-refractivity contribution in [2.75, 3.05) is 25.2 Å². The Morgan fingerprint density at radius 2 is 1.82 bits per heavy atom. The summed E-state index contributed by atoms with van der Waals surface area (Å²) in [5.74, 6) is -1.87. The number of methoxy groups -OCH3 is 1. The molecule has 1 saturated heterocycles. The molecule has 5 rings (SSSR count). The maximum atomic E-state index is 13.8. The zero-order valence-electron chi connectivity index (χ0n) is 26.2. The van der Waals surface area contributed by atoms with Crippen LogP contribution >= 0.6 is 11.3 Å². The van der Waals surface area contributed by atoms with Crippen molar-refractivity contribution in [1.29, 1.82) is 0 Å². The van der Waals surface area contributed by atoms with Crippen molar-refractivity contribution in [1.82, 2.24) is 14.4 Å². The number of fused-ring (bicyclic) bond motifs is 1. The third-order valence-corrected chi connectivity index (χ3v) is 8.84. The topological polar surface area (TPSA) is 133 Å². The number of hydrogen-bond donors (Lipinski definition) is 1. The lowest BCUT2D eigenvalue weighted by Gasteiger charge is -2.24. The number of anilines is 1. The fourth-order valence-electron chi connectivity index (χ4n) is 5.40. The van der Waals surface area contributed by atoms with Crippen LogP contribution in [0.5, 0.6) is 11.5 Å². The Morgan fingerprint density at radius 3 is 2.51 bits per heavy atom. The number of aliphatic hydroxyl groups is 1. The van der Waals surface area contributed by atoms with E-state index in [-0.39, 0.29) is 21.3 Å². The molecule has 3 aromatic heterocycles. The number of imidazole rings is 1. The van der Waals surface area contributed by atoms with Crippen LogP contribution in [0, 0.1) is 20.8 Å². The molecular weight excluding hydrogens is 596 g/mol. The molecule has 1 fully saturated rings. The fourth-order valence-corrected chi connectivity index (χ4v) is 6.41. The first-order chi connectivity index (χ1) is 21.6. The minimum atomic E-state index is -1.11. The number of amides is 1. The Bertz CT molecular complexity index is 1820. The number of Topliss-reactive ketones (excluding diaryl/α,β-unsaturated/α-hetero) is 1. The number of pyridine rings is 1. The van der Waals surface area contributed by atoms with Crippen LogP contribution in [0.15, 0.2) is 42.1 Å². The third-order valence-electron chi connectivity index (χ3n) is 7.70. The summed E-state index contributed by atoms with van der Waals surface area (Å²) in [6.45, 7) is 10.1. The number of thiazole rings is 1. The largest absolute Gasteiger partial charge is 0.505 e. The van der Waals surface area contributed by atoms with Gasteiger partial charge in [0.15, 0.2) is 22.4 Å². The molecule has 4 heterocycles. The van der Waals surface area contributed by atoms with Gasteiger partial charge in [0, 0.05) is 6.20 Å². The first-order valence-electron chi connectivity index (χ1n) is 14.8. The molecular formula is C33H36N4O7S. The van der Waals surface area contributed by atoms with E-state index in [1.54, 1.807) is 32.0 Å². The lowest BCUT2D eigenvalue weighted by molar-refractivity contribution is -0.132. The fraction of sp³-hybridized carbons (Fsp3) is 0.364. The molecule has 45 heavy (non-hydrogen) atoms. The number of rotatable bonds is 11. The highest BCUT2D eigenvalue weighted by Gasteiger charge is 2.49. The second-order valence-electron chi connectivity index (χ2n) is 10.7. The number of hydrogen-bond acceptors (Lipinski definition) is 10. The smallest absolute Gasteiger partial charge is 0.350 e. The molecule has 1 amide bonds. The number of ether oxygens (including phenoxy) is 3. The quantitative estimate of drug-likeness (QED) is 0.0685. The molecule has 0 saturated carbocycles. The number of benzene rings is 1. The summed E-state index contributed by atoms with van der Waals surface area (Å²) in [7, 11) is 1.26. The molecule has 1 unspecified atom stereocenters. The molecule has 1 atom stereocenters. The average Bonchev–Trinajstić information content (AvgIpc) is 3.66. The Kier molecular flexibility index (Phi) is 9.24. The Balaban J connectivity index is 1.71. The minimum absolute atomic E-state index is 0.111. The van der Waals surface area contributed by atoms with E-state index in [4.69, 9.17) is 14.2 Å². The molecule has 1 aliphatic heterocycles. The van der Waals surface area contributed by atoms with Gasteiger partial charge in [-0.25, -0.2) is 14.8 Å². The molecule has 0 radical (unpaired) electrons. The van der Waals surface area contributed by atoms with Gasteiger partial charge in [0.2, 0.25) is 0 Å². The zero-order chi connectivity index (χ0) is 32.4. The van der Waals surface area contributed by atoms with E-state index in [2.05, 4.69) is 16.9 Å². The first-order valence-corrected chi connectivity index (χ1v) is 15.6. The van der Waals surface area contributed by atoms with E-state index >= 15 is 0 Å². The van der Waals surface area contributed by atoms with E-state index in [0.29, 0.717) is 47.3 Å². The molecule has 1 aromatic carbocycles. The summed E-state index contributed by atoms with van der Waals surface area (Å²) in [6, 6.07) is 7.83. The van der Waals surface area contributed by atoms with Crippen molar-refractivity contribution in [3.63, 3.8) is 0 Å². The van der Waals surface area contributed by atoms with Gasteiger partial charge in [-0.15, -0.1) is 0 Å². The normalized spacial score (nSPS) is 16.0. The summed E-state index contributed by atoms with van der Waals surface area (Å²) in [5, 5.41) is 11.9. The Hall–Kier alpha value is -4.71. The van der Waals surface area contributed by atoms with Crippen LogP contribution in [-0.4, -0.2) is 57.5 Å². The molecule has 0 bridgehead atoms. The summed E-state index contributed by atoms with van der Waals surface area (Å²) in [5.41, 5.74) is 2.93. The van der Waals surface area contributed by atoms with E-state index in [9.17, 15) is 19.5 Å². The second kappa shape index (κ2) is 13.1. The van der Waals surface area contributed by atoms with E-state index in [1.165, 1.54) is 12.0 Å². The number of aryl methyl sites for hydroxylation is 3. The monoisotopic (exact) mass is 632 g/mol. The predicted molar refractivity (Wildman–Crippen MR) is 170 cm³/mol. The lowest BCUT2D eigenvalue weighted by Crippen LogP contribution is -2.29. The van der Waals surface area contributed by atoms with E-state index < -0.39 is 29.5 Å². The molecule has 12 heteroatoms. The SMILES string of the molecule is CCCCCOc1ccc(C2C(=C(O)c3nc4c(C)cccn4c3C)C(=O)C(=O)N2c2nc(C)c(C(=O)OC)s2)cc1OCC. The number of carbonyl (C=O) groups is 3. The predicted octanol–water partition coefficient (Wildman–Crippen LogP) is 6.10. The molecule has 0 spiro atoms. The van der Waals surface area contributed by atoms with Gasteiger partial charge in [-0.3, -0.25) is 14.5 Å². The number of nitrogens with zero attached hydrogens (tertiary/aromatic N) is 4. The van der Waals surface area contributed by atoms with Crippen molar-refractivity contribution < 1.29 is 33.7 Å². The van der Waals surface area contributed by atoms with Gasteiger partial charge in [0.05, 0.1) is 43.3 Å². The first kappa shape index (κ1) is 31.7. The van der Waals surface area contributed by atoms with Crippen LogP contribution in [0.3, 0.4) is 0 Å². The maximum Gasteiger partial charge on any atom is 0.350 e. The van der Waals surface area contributed by atoms with Crippen molar-refractivity contribution in [3.05, 3.63) is 75.2 Å². The van der Waals surface area contributed by atoms with Gasteiger partial charge < -0.3 is 23.7 Å². The van der Waals surface area contributed by atoms with Gasteiger partial charge in [-0.1, -0.05) is 43.2 Å². The van der Waals surface area contributed by atoms with Gasteiger partial charge in [-0.2, -0.15) is 0 Å². The minimum Gasteiger partial charge on any atom is -0.505 e. The number of esters is 1. The highest BCUT2D eigenvalue weighted by Crippen LogP contribution is 2.46. The molecule has 1 N–H and O–H groups in total. The number of ketones is 1. The Morgan fingerprint density at radius 1 is 1.04 bits per heavy atom. The third kappa shape index (κ3) is 5.77. The summed E-state index contributed by atoms with van der Waals surface area (Å²) in [6.07, 6.45) is 4.78. The number of carbonyl (C=O) groups excluding carboxylic acids is 3. The summed E-state index contributed by atoms with van der Waals surface area (Å²) in [4.78, 5) is 50.6. The average molecular weight is 633 g/mol. The van der Waals surface area contributed by atoms with Crippen LogP contribution in [0.4, 0.5) is 5.13 Å². The van der Waals surface area contributed by atoms with Crippen LogP contribution in [-0.2, 0) is 14.3 Å². The number of unbranched alkanes of at least 4 members (excludes halogenated alkanes) is 2. The number of aliphatic hydroxyl groups excluding tert-OH is 1. The second-order valence-corrected chi connectivity index (χ2v) is 11.7. The lowest BCUT2D eigenvalue weighted by atomic mass is 9.96. The van der Waals surface area contributed by atoms with Crippen LogP contribution in [0.1, 0.15) is 77.0 Å². The molecule has 1 aliphatic rings. The summed E-state index contributed by atoms with van der Waals surface area (Å²) < 4.78 is 18.7. The number of aromatic nitrogens is 3. The van der Waals surface area contributed by atoms with Crippen molar-refractivity contribution in [2.45, 2.75) is 59.9 Å². The highest BCUT2D eigenvalue weighted by atomic mass is 32.1. The Labute approximate surface area is 265 Å². The van der Waals surface area contributed by atoms with E-state index in [0.717, 1.165) is 36.2 Å². The molecule has 236 valence electrons. The van der Waals surface area contributed by atoms with Crippen LogP contribution < -0.4 is 14.4 Å². The molecule has 0 aliphatic carbocycles. The zero-order valence-corrected chi connectivity index (χ0v) is 27.0. The maximum absolute atomic E-state index is 13.8. The molecule has 11 nitrogen and oxygen atoms in total. The molecule has 4 aromatic rings. The van der Waals surface area contributed by atoms with Gasteiger partial charge in [-0.05, 0) is 63.4 Å². The van der Waals surface area contributed by atoms with E-state index in [1.807, 2.05) is 36.6 Å². The summed E-state index contributed by atoms with van der Waals surface area (Å²) >= 11 is 0.933.